The number of ketones is 1. The van der Waals surface area contributed by atoms with Crippen LogP contribution in [0.2, 0.25) is 0 Å². The van der Waals surface area contributed by atoms with E-state index >= 15 is 0 Å². The van der Waals surface area contributed by atoms with Crippen LogP contribution in [-0.4, -0.2) is 11.8 Å². The average Bonchev–Trinajstić information content (AvgIpc) is 2.35. The quantitative estimate of drug-likeness (QED) is 0.262. The number of carbonyl (C=O) groups excluding carboxylic acids is 2. The van der Waals surface area contributed by atoms with Crippen LogP contribution in [0.4, 0.5) is 0 Å². The van der Waals surface area contributed by atoms with E-state index in [1.807, 2.05) is 0 Å². The fourth-order valence-electron chi connectivity index (χ4n) is 2.24. The summed E-state index contributed by atoms with van der Waals surface area (Å²) in [4.78, 5) is 21.3. The molecule has 0 saturated carbocycles. The van der Waals surface area contributed by atoms with E-state index in [1.165, 1.54) is 51.4 Å². The molecule has 0 rings (SSSR count). The summed E-state index contributed by atoms with van der Waals surface area (Å²) >= 11 is 0. The topological polar surface area (TPSA) is 57.2 Å². The Balaban J connectivity index is 0. The minimum Gasteiger partial charge on any atom is -0.550 e. The van der Waals surface area contributed by atoms with E-state index in [0.717, 1.165) is 19.3 Å². The Hall–Kier alpha value is -0.263. The number of aliphatic carboxylic acids is 1. The van der Waals surface area contributed by atoms with Crippen LogP contribution in [-0.2, 0) is 9.59 Å². The fraction of sp³-hybridized carbons (Fsp3) is 0.875. The number of hydrogen-bond acceptors (Lipinski definition) is 3. The van der Waals surface area contributed by atoms with Gasteiger partial charge in [0.05, 0.1) is 0 Å². The van der Waals surface area contributed by atoms with Crippen LogP contribution in [0.5, 0.6) is 0 Å². The number of rotatable bonds is 14. The molecule has 0 aliphatic heterocycles. The number of hydrogen-bond donors (Lipinski definition) is 0. The molecule has 0 N–H and O–H groups in total. The normalized spacial score (nSPS) is 10.1. The molecule has 0 atom stereocenters. The second kappa shape index (κ2) is 16.8. The van der Waals surface area contributed by atoms with Crippen molar-refractivity contribution in [3.8, 4) is 0 Å². The van der Waals surface area contributed by atoms with E-state index in [9.17, 15) is 14.7 Å². The first-order chi connectivity index (χ1) is 9.16. The van der Waals surface area contributed by atoms with Crippen LogP contribution < -0.4 is 24.0 Å². The smallest absolute Gasteiger partial charge is 0.550 e. The molecule has 3 nitrogen and oxygen atoms in total. The molecule has 0 radical (unpaired) electrons. The summed E-state index contributed by atoms with van der Waals surface area (Å²) in [5.74, 6) is -1.45. The summed E-state index contributed by atoms with van der Waals surface area (Å²) in [5.41, 5.74) is 0. The maximum atomic E-state index is 11.1. The number of carboxylic acid groups (broad SMARTS) is 1. The zero-order valence-electron chi connectivity index (χ0n) is 13.4. The van der Waals surface area contributed by atoms with Gasteiger partial charge in [-0.1, -0.05) is 71.1 Å². The maximum absolute atomic E-state index is 11.1. The SMILES string of the molecule is CCCCCCCCCCCCCC(=O)CC(=O)[O-].[Li+]. The van der Waals surface area contributed by atoms with Gasteiger partial charge in [-0.05, 0) is 6.42 Å². The van der Waals surface area contributed by atoms with Gasteiger partial charge < -0.3 is 9.90 Å². The van der Waals surface area contributed by atoms with Crippen molar-refractivity contribution in [2.24, 2.45) is 0 Å². The monoisotopic (exact) mass is 276 g/mol. The predicted molar refractivity (Wildman–Crippen MR) is 75.7 cm³/mol. The summed E-state index contributed by atoms with van der Waals surface area (Å²) < 4.78 is 0. The van der Waals surface area contributed by atoms with E-state index in [4.69, 9.17) is 0 Å². The van der Waals surface area contributed by atoms with Crippen molar-refractivity contribution in [3.63, 3.8) is 0 Å². The molecule has 0 bridgehead atoms. The van der Waals surface area contributed by atoms with Crippen molar-refractivity contribution in [1.29, 1.82) is 0 Å². The molecule has 0 aromatic carbocycles. The first-order valence-electron chi connectivity index (χ1n) is 7.88. The number of carboxylic acids is 1. The standard InChI is InChI=1S/C16H30O3.Li/c1-2-3-4-5-6-7-8-9-10-11-12-13-15(17)14-16(18)19;/h2-14H2,1H3,(H,18,19);/q;+1/p-1. The molecule has 0 aliphatic rings. The van der Waals surface area contributed by atoms with E-state index < -0.39 is 12.4 Å². The molecule has 0 spiro atoms. The van der Waals surface area contributed by atoms with Crippen LogP contribution >= 0.6 is 0 Å². The summed E-state index contributed by atoms with van der Waals surface area (Å²) in [6.45, 7) is 2.23. The summed E-state index contributed by atoms with van der Waals surface area (Å²) in [7, 11) is 0. The number of Topliss-reactive ketones (excluding diaryl/α,β-unsaturated/α-hetero) is 1. The third kappa shape index (κ3) is 17.7. The van der Waals surface area contributed by atoms with Crippen molar-refractivity contribution in [3.05, 3.63) is 0 Å². The predicted octanol–water partition coefficient (Wildman–Crippen LogP) is 0.401. The molecule has 0 heterocycles. The second-order valence-electron chi connectivity index (χ2n) is 5.37. The van der Waals surface area contributed by atoms with E-state index in [1.54, 1.807) is 0 Å². The van der Waals surface area contributed by atoms with E-state index in [-0.39, 0.29) is 24.6 Å². The van der Waals surface area contributed by atoms with Crippen molar-refractivity contribution in [1.82, 2.24) is 0 Å². The van der Waals surface area contributed by atoms with Gasteiger partial charge in [0.15, 0.2) is 0 Å². The van der Waals surface area contributed by atoms with Crippen molar-refractivity contribution < 1.29 is 33.6 Å². The molecule has 0 aliphatic carbocycles. The zero-order valence-corrected chi connectivity index (χ0v) is 13.4. The molecule has 4 heteroatoms. The Labute approximate surface area is 136 Å². The molecular weight excluding hydrogens is 247 g/mol. The summed E-state index contributed by atoms with van der Waals surface area (Å²) in [6, 6.07) is 0. The maximum Gasteiger partial charge on any atom is 1.00 e. The third-order valence-corrected chi connectivity index (χ3v) is 3.40. The zero-order chi connectivity index (χ0) is 14.3. The first-order valence-corrected chi connectivity index (χ1v) is 7.88. The summed E-state index contributed by atoms with van der Waals surface area (Å²) in [6.07, 6.45) is 13.6. The molecule has 0 aromatic heterocycles. The third-order valence-electron chi connectivity index (χ3n) is 3.40. The van der Waals surface area contributed by atoms with Crippen LogP contribution in [0.1, 0.15) is 90.4 Å². The van der Waals surface area contributed by atoms with Crippen molar-refractivity contribution in [2.45, 2.75) is 90.4 Å². The van der Waals surface area contributed by atoms with Gasteiger partial charge in [0.1, 0.15) is 5.78 Å². The van der Waals surface area contributed by atoms with E-state index in [2.05, 4.69) is 6.92 Å². The van der Waals surface area contributed by atoms with Crippen LogP contribution in [0, 0.1) is 0 Å². The Kier molecular flexibility index (Phi) is 18.5. The van der Waals surface area contributed by atoms with Crippen LogP contribution in [0.3, 0.4) is 0 Å². The second-order valence-corrected chi connectivity index (χ2v) is 5.37. The van der Waals surface area contributed by atoms with Gasteiger partial charge in [-0.25, -0.2) is 0 Å². The minimum absolute atomic E-state index is 0. The van der Waals surface area contributed by atoms with Crippen LogP contribution in [0.15, 0.2) is 0 Å². The molecule has 0 saturated heterocycles. The van der Waals surface area contributed by atoms with Crippen molar-refractivity contribution in [2.75, 3.05) is 0 Å². The fourth-order valence-corrected chi connectivity index (χ4v) is 2.24. The van der Waals surface area contributed by atoms with Gasteiger partial charge in [0.25, 0.3) is 0 Å². The Bertz CT molecular complexity index is 242. The molecule has 0 unspecified atom stereocenters. The Morgan fingerprint density at radius 1 is 0.750 bits per heavy atom. The molecule has 0 amide bonds. The van der Waals surface area contributed by atoms with Gasteiger partial charge >= 0.3 is 18.9 Å². The first kappa shape index (κ1) is 22.0. The van der Waals surface area contributed by atoms with Gasteiger partial charge in [-0.15, -0.1) is 0 Å². The largest absolute Gasteiger partial charge is 1.00 e. The van der Waals surface area contributed by atoms with E-state index in [0.29, 0.717) is 6.42 Å². The number of carbonyl (C=O) groups is 2. The molecule has 20 heavy (non-hydrogen) atoms. The van der Waals surface area contributed by atoms with Crippen molar-refractivity contribution >= 4 is 11.8 Å². The Morgan fingerprint density at radius 2 is 1.15 bits per heavy atom. The molecule has 0 fully saturated rings. The summed E-state index contributed by atoms with van der Waals surface area (Å²) in [5, 5.41) is 10.2. The van der Waals surface area contributed by atoms with Crippen LogP contribution in [0.25, 0.3) is 0 Å². The van der Waals surface area contributed by atoms with Gasteiger partial charge in [0.2, 0.25) is 0 Å². The Morgan fingerprint density at radius 3 is 1.55 bits per heavy atom. The number of unbranched alkanes of at least 4 members (excludes halogenated alkanes) is 10. The molecule has 0 aromatic rings. The van der Waals surface area contributed by atoms with Gasteiger partial charge in [-0.3, -0.25) is 4.79 Å². The van der Waals surface area contributed by atoms with Gasteiger partial charge in [0, 0.05) is 18.8 Å². The molecule has 112 valence electrons. The minimum atomic E-state index is -1.26. The average molecular weight is 276 g/mol. The van der Waals surface area contributed by atoms with Gasteiger partial charge in [-0.2, -0.15) is 0 Å². The molecular formula is C16H29LiO3.